The summed E-state index contributed by atoms with van der Waals surface area (Å²) >= 11 is 0. The molecule has 2 aliphatic carbocycles. The normalized spacial score (nSPS) is 23.3. The zero-order chi connectivity index (χ0) is 14.7. The maximum atomic E-state index is 5.33. The highest BCUT2D eigenvalue weighted by atomic mass is 16.5. The number of nitrogens with one attached hydrogen (secondary N) is 1. The molecule has 2 saturated carbocycles. The van der Waals surface area contributed by atoms with E-state index in [9.17, 15) is 0 Å². The Morgan fingerprint density at radius 3 is 2.52 bits per heavy atom. The van der Waals surface area contributed by atoms with E-state index in [4.69, 9.17) is 4.74 Å². The van der Waals surface area contributed by atoms with Gasteiger partial charge in [0.1, 0.15) is 5.75 Å². The van der Waals surface area contributed by atoms with Crippen molar-refractivity contribution in [1.29, 1.82) is 0 Å². The number of hydrogen-bond donors (Lipinski definition) is 1. The summed E-state index contributed by atoms with van der Waals surface area (Å²) < 4.78 is 5.33. The van der Waals surface area contributed by atoms with Gasteiger partial charge in [0, 0.05) is 12.1 Å². The summed E-state index contributed by atoms with van der Waals surface area (Å²) in [6.07, 6.45) is 11.5. The van der Waals surface area contributed by atoms with E-state index < -0.39 is 0 Å². The Morgan fingerprint density at radius 1 is 1.14 bits per heavy atom. The molecule has 0 bridgehead atoms. The van der Waals surface area contributed by atoms with Crippen LogP contribution in [0.25, 0.3) is 0 Å². The number of hydrogen-bond acceptors (Lipinski definition) is 2. The number of rotatable bonds is 4. The average molecular weight is 287 g/mol. The maximum Gasteiger partial charge on any atom is 0.119 e. The molecule has 21 heavy (non-hydrogen) atoms. The van der Waals surface area contributed by atoms with Crippen molar-refractivity contribution in [1.82, 2.24) is 5.32 Å². The van der Waals surface area contributed by atoms with E-state index in [2.05, 4.69) is 30.4 Å². The molecule has 2 nitrogen and oxygen atoms in total. The van der Waals surface area contributed by atoms with Crippen molar-refractivity contribution < 1.29 is 4.74 Å². The van der Waals surface area contributed by atoms with Gasteiger partial charge in [-0.25, -0.2) is 0 Å². The van der Waals surface area contributed by atoms with Crippen LogP contribution in [0.1, 0.15) is 69.9 Å². The van der Waals surface area contributed by atoms with Crippen molar-refractivity contribution >= 4 is 0 Å². The molecule has 0 heterocycles. The van der Waals surface area contributed by atoms with Gasteiger partial charge < -0.3 is 10.1 Å². The maximum absolute atomic E-state index is 5.33. The zero-order valence-corrected chi connectivity index (χ0v) is 13.5. The van der Waals surface area contributed by atoms with E-state index in [1.165, 1.54) is 56.9 Å². The zero-order valence-electron chi connectivity index (χ0n) is 13.5. The van der Waals surface area contributed by atoms with Crippen LogP contribution in [0.15, 0.2) is 24.3 Å². The van der Waals surface area contributed by atoms with Crippen molar-refractivity contribution in [2.24, 2.45) is 5.41 Å². The van der Waals surface area contributed by atoms with E-state index in [-0.39, 0.29) is 0 Å². The van der Waals surface area contributed by atoms with E-state index in [0.29, 0.717) is 12.1 Å². The van der Waals surface area contributed by atoms with Gasteiger partial charge in [0.25, 0.3) is 0 Å². The number of methoxy groups -OCH3 is 1. The fraction of sp³-hybridized carbons (Fsp3) is 0.684. The van der Waals surface area contributed by atoms with Gasteiger partial charge in [-0.1, -0.05) is 25.0 Å². The van der Waals surface area contributed by atoms with Gasteiger partial charge in [0.15, 0.2) is 0 Å². The fourth-order valence-electron chi connectivity index (χ4n) is 4.38. The Kier molecular flexibility index (Phi) is 4.54. The number of ether oxygens (including phenoxy) is 1. The molecule has 0 amide bonds. The molecule has 0 aliphatic heterocycles. The molecule has 0 radical (unpaired) electrons. The summed E-state index contributed by atoms with van der Waals surface area (Å²) in [5.41, 5.74) is 2.06. The molecule has 2 fully saturated rings. The fourth-order valence-corrected chi connectivity index (χ4v) is 4.38. The first-order valence-electron chi connectivity index (χ1n) is 8.61. The molecule has 1 N–H and O–H groups in total. The van der Waals surface area contributed by atoms with Crippen LogP contribution in [0.3, 0.4) is 0 Å². The van der Waals surface area contributed by atoms with Gasteiger partial charge in [-0.15, -0.1) is 0 Å². The molecular weight excluding hydrogens is 258 g/mol. The quantitative estimate of drug-likeness (QED) is 0.855. The first-order valence-corrected chi connectivity index (χ1v) is 8.61. The largest absolute Gasteiger partial charge is 0.497 e. The van der Waals surface area contributed by atoms with E-state index in [1.807, 2.05) is 6.07 Å². The second-order valence-corrected chi connectivity index (χ2v) is 7.15. The van der Waals surface area contributed by atoms with Gasteiger partial charge in [0.05, 0.1) is 7.11 Å². The second kappa shape index (κ2) is 6.39. The predicted octanol–water partition coefficient (Wildman–Crippen LogP) is 4.85. The van der Waals surface area contributed by atoms with Crippen LogP contribution in [0.4, 0.5) is 0 Å². The van der Waals surface area contributed by atoms with Crippen LogP contribution in [0.5, 0.6) is 5.75 Å². The van der Waals surface area contributed by atoms with Gasteiger partial charge in [-0.05, 0) is 68.6 Å². The minimum absolute atomic E-state index is 0.405. The lowest BCUT2D eigenvalue weighted by Gasteiger charge is -2.38. The molecule has 3 rings (SSSR count). The van der Waals surface area contributed by atoms with Gasteiger partial charge in [-0.3, -0.25) is 0 Å². The summed E-state index contributed by atoms with van der Waals surface area (Å²) in [6.45, 7) is 2.27. The van der Waals surface area contributed by atoms with Crippen LogP contribution < -0.4 is 10.1 Å². The Balaban J connectivity index is 1.54. The van der Waals surface area contributed by atoms with Crippen LogP contribution in [-0.4, -0.2) is 13.2 Å². The lowest BCUT2D eigenvalue weighted by molar-refractivity contribution is 0.164. The van der Waals surface area contributed by atoms with Crippen molar-refractivity contribution in [3.05, 3.63) is 29.8 Å². The van der Waals surface area contributed by atoms with Gasteiger partial charge in [-0.2, -0.15) is 0 Å². The molecule has 0 saturated heterocycles. The Bertz CT molecular complexity index is 454. The molecule has 1 unspecified atom stereocenters. The molecule has 1 aromatic rings. The predicted molar refractivity (Wildman–Crippen MR) is 87.7 cm³/mol. The molecule has 1 aromatic carbocycles. The topological polar surface area (TPSA) is 21.3 Å². The lowest BCUT2D eigenvalue weighted by atomic mass is 9.71. The average Bonchev–Trinajstić information content (AvgIpc) is 2.98. The van der Waals surface area contributed by atoms with Crippen LogP contribution >= 0.6 is 0 Å². The standard InChI is InChI=1S/C19H29NO/c1-15(16-6-5-7-18(14-16)21-2)20-17-8-12-19(13-9-17)10-3-4-11-19/h5-7,14-15,17,20H,3-4,8-13H2,1-2H3. The van der Waals surface area contributed by atoms with Crippen molar-refractivity contribution in [2.75, 3.05) is 7.11 Å². The summed E-state index contributed by atoms with van der Waals surface area (Å²) in [5.74, 6) is 0.953. The highest BCUT2D eigenvalue weighted by Gasteiger charge is 2.37. The monoisotopic (exact) mass is 287 g/mol. The first kappa shape index (κ1) is 14.9. The minimum atomic E-state index is 0.405. The third kappa shape index (κ3) is 3.42. The van der Waals surface area contributed by atoms with Crippen LogP contribution in [0.2, 0.25) is 0 Å². The smallest absolute Gasteiger partial charge is 0.119 e. The van der Waals surface area contributed by atoms with Gasteiger partial charge >= 0.3 is 0 Å². The molecular formula is C19H29NO. The molecule has 0 aromatic heterocycles. The Hall–Kier alpha value is -1.02. The minimum Gasteiger partial charge on any atom is -0.497 e. The Labute approximate surface area is 129 Å². The summed E-state index contributed by atoms with van der Waals surface area (Å²) in [7, 11) is 1.74. The van der Waals surface area contributed by atoms with Crippen molar-refractivity contribution in [3.63, 3.8) is 0 Å². The van der Waals surface area contributed by atoms with E-state index >= 15 is 0 Å². The third-order valence-corrected chi connectivity index (χ3v) is 5.79. The van der Waals surface area contributed by atoms with Crippen LogP contribution in [0, 0.1) is 5.41 Å². The second-order valence-electron chi connectivity index (χ2n) is 7.15. The molecule has 2 heteroatoms. The van der Waals surface area contributed by atoms with E-state index in [1.54, 1.807) is 7.11 Å². The van der Waals surface area contributed by atoms with Gasteiger partial charge in [0.2, 0.25) is 0 Å². The Morgan fingerprint density at radius 2 is 1.86 bits per heavy atom. The van der Waals surface area contributed by atoms with Crippen molar-refractivity contribution in [2.45, 2.75) is 70.4 Å². The SMILES string of the molecule is COc1cccc(C(C)NC2CCC3(CCCC3)CC2)c1. The van der Waals surface area contributed by atoms with Crippen molar-refractivity contribution in [3.8, 4) is 5.75 Å². The number of benzene rings is 1. The summed E-state index contributed by atoms with van der Waals surface area (Å²) in [6, 6.07) is 9.54. The lowest BCUT2D eigenvalue weighted by Crippen LogP contribution is -2.37. The van der Waals surface area contributed by atoms with E-state index in [0.717, 1.165) is 11.2 Å². The molecule has 1 atom stereocenters. The highest BCUT2D eigenvalue weighted by molar-refractivity contribution is 5.30. The molecule has 116 valence electrons. The summed E-state index contributed by atoms with van der Waals surface area (Å²) in [5, 5.41) is 3.84. The summed E-state index contributed by atoms with van der Waals surface area (Å²) in [4.78, 5) is 0. The first-order chi connectivity index (χ1) is 10.2. The molecule has 2 aliphatic rings. The highest BCUT2D eigenvalue weighted by Crippen LogP contribution is 2.49. The van der Waals surface area contributed by atoms with Crippen LogP contribution in [-0.2, 0) is 0 Å². The third-order valence-electron chi connectivity index (χ3n) is 5.79. The molecule has 1 spiro atoms.